The van der Waals surface area contributed by atoms with E-state index in [1.54, 1.807) is 7.11 Å². The van der Waals surface area contributed by atoms with Gasteiger partial charge in [-0.3, -0.25) is 4.79 Å². The summed E-state index contributed by atoms with van der Waals surface area (Å²) in [5, 5.41) is 3.37. The van der Waals surface area contributed by atoms with Crippen molar-refractivity contribution in [3.63, 3.8) is 0 Å². The number of nitrogens with zero attached hydrogens (tertiary/aromatic N) is 1. The molecule has 4 nitrogen and oxygen atoms in total. The average Bonchev–Trinajstić information content (AvgIpc) is 3.00. The number of hydrogen-bond donors (Lipinski definition) is 1. The summed E-state index contributed by atoms with van der Waals surface area (Å²) in [6.45, 7) is 2.80. The van der Waals surface area contributed by atoms with Gasteiger partial charge in [-0.1, -0.05) is 15.9 Å². The highest BCUT2D eigenvalue weighted by Crippen LogP contribution is 2.31. The first kappa shape index (κ1) is 12.9. The first-order chi connectivity index (χ1) is 9.20. The third-order valence-corrected chi connectivity index (χ3v) is 4.59. The van der Waals surface area contributed by atoms with Crippen LogP contribution in [0.3, 0.4) is 0 Å². The summed E-state index contributed by atoms with van der Waals surface area (Å²) >= 11 is 3.40. The number of methoxy groups -OCH3 is 1. The third kappa shape index (κ3) is 2.25. The van der Waals surface area contributed by atoms with Gasteiger partial charge in [-0.25, -0.2) is 0 Å². The first-order valence-electron chi connectivity index (χ1n) is 6.56. The van der Waals surface area contributed by atoms with Gasteiger partial charge in [0.15, 0.2) is 0 Å². The average molecular weight is 325 g/mol. The first-order valence-corrected chi connectivity index (χ1v) is 7.35. The molecular weight excluding hydrogens is 308 g/mol. The van der Waals surface area contributed by atoms with Crippen molar-refractivity contribution >= 4 is 21.8 Å². The molecule has 2 aliphatic heterocycles. The molecule has 2 heterocycles. The van der Waals surface area contributed by atoms with Gasteiger partial charge in [-0.15, -0.1) is 0 Å². The van der Waals surface area contributed by atoms with Gasteiger partial charge >= 0.3 is 0 Å². The van der Waals surface area contributed by atoms with Gasteiger partial charge in [-0.2, -0.15) is 0 Å². The minimum Gasteiger partial charge on any atom is -0.496 e. The van der Waals surface area contributed by atoms with E-state index in [1.807, 2.05) is 23.1 Å². The zero-order chi connectivity index (χ0) is 13.4. The minimum atomic E-state index is 0.0838. The van der Waals surface area contributed by atoms with Gasteiger partial charge < -0.3 is 15.0 Å². The number of ether oxygens (including phenoxy) is 1. The summed E-state index contributed by atoms with van der Waals surface area (Å²) in [6.07, 6.45) is 1.10. The fourth-order valence-electron chi connectivity index (χ4n) is 3.10. The van der Waals surface area contributed by atoms with E-state index in [2.05, 4.69) is 21.2 Å². The number of amides is 1. The topological polar surface area (TPSA) is 41.6 Å². The molecular formula is C14H17BrN2O2. The number of carbonyl (C=O) groups is 1. The number of fused-ring (bicyclic) bond motifs is 1. The monoisotopic (exact) mass is 324 g/mol. The van der Waals surface area contributed by atoms with E-state index in [-0.39, 0.29) is 5.91 Å². The van der Waals surface area contributed by atoms with Crippen LogP contribution in [0.2, 0.25) is 0 Å². The third-order valence-electron chi connectivity index (χ3n) is 4.10. The molecule has 102 valence electrons. The molecule has 0 bridgehead atoms. The smallest absolute Gasteiger partial charge is 0.257 e. The fraction of sp³-hybridized carbons (Fsp3) is 0.500. The van der Waals surface area contributed by atoms with Gasteiger partial charge in [0.1, 0.15) is 5.75 Å². The van der Waals surface area contributed by atoms with E-state index in [4.69, 9.17) is 4.74 Å². The van der Waals surface area contributed by atoms with Crippen molar-refractivity contribution in [3.05, 3.63) is 28.2 Å². The molecule has 0 radical (unpaired) electrons. The Labute approximate surface area is 121 Å². The van der Waals surface area contributed by atoms with Gasteiger partial charge in [-0.05, 0) is 30.5 Å². The standard InChI is InChI=1S/C14H17BrN2O2/c1-19-13-6-10(15)2-3-11(13)14(18)17-5-4-9-7-16-8-12(9)17/h2-3,6,9,12,16H,4-5,7-8H2,1H3/t9-,12+/m0/s1. The molecule has 2 fully saturated rings. The largest absolute Gasteiger partial charge is 0.496 e. The number of carbonyl (C=O) groups excluding carboxylic acids is 1. The summed E-state index contributed by atoms with van der Waals surface area (Å²) in [5.41, 5.74) is 0.651. The highest BCUT2D eigenvalue weighted by molar-refractivity contribution is 9.10. The number of rotatable bonds is 2. The highest BCUT2D eigenvalue weighted by Gasteiger charge is 2.40. The molecule has 2 saturated heterocycles. The van der Waals surface area contributed by atoms with Crippen molar-refractivity contribution in [1.82, 2.24) is 10.2 Å². The molecule has 0 saturated carbocycles. The van der Waals surface area contributed by atoms with Crippen LogP contribution in [-0.2, 0) is 0 Å². The number of benzene rings is 1. The predicted molar refractivity (Wildman–Crippen MR) is 76.5 cm³/mol. The van der Waals surface area contributed by atoms with E-state index < -0.39 is 0 Å². The molecule has 0 aliphatic carbocycles. The summed E-state index contributed by atoms with van der Waals surface area (Å²) in [5.74, 6) is 1.33. The maximum absolute atomic E-state index is 12.7. The molecule has 1 N–H and O–H groups in total. The Kier molecular flexibility index (Phi) is 3.50. The molecule has 0 aromatic heterocycles. The second-order valence-corrected chi connectivity index (χ2v) is 6.03. The van der Waals surface area contributed by atoms with Crippen LogP contribution in [0.15, 0.2) is 22.7 Å². The van der Waals surface area contributed by atoms with Crippen molar-refractivity contribution in [1.29, 1.82) is 0 Å². The lowest BCUT2D eigenvalue weighted by Crippen LogP contribution is -2.39. The molecule has 0 unspecified atom stereocenters. The molecule has 2 aliphatic rings. The van der Waals surface area contributed by atoms with Crippen molar-refractivity contribution in [2.24, 2.45) is 5.92 Å². The van der Waals surface area contributed by atoms with Crippen LogP contribution in [0.25, 0.3) is 0 Å². The van der Waals surface area contributed by atoms with Crippen LogP contribution in [0.5, 0.6) is 5.75 Å². The summed E-state index contributed by atoms with van der Waals surface area (Å²) < 4.78 is 6.24. The zero-order valence-electron chi connectivity index (χ0n) is 10.9. The van der Waals surface area contributed by atoms with Gasteiger partial charge in [0.2, 0.25) is 0 Å². The minimum absolute atomic E-state index is 0.0838. The molecule has 3 rings (SSSR count). The molecule has 1 amide bonds. The molecule has 2 atom stereocenters. The Morgan fingerprint density at radius 2 is 2.32 bits per heavy atom. The van der Waals surface area contributed by atoms with Crippen LogP contribution < -0.4 is 10.1 Å². The Bertz CT molecular complexity index is 506. The van der Waals surface area contributed by atoms with Gasteiger partial charge in [0.25, 0.3) is 5.91 Å². The lowest BCUT2D eigenvalue weighted by molar-refractivity contribution is 0.0733. The Morgan fingerprint density at radius 3 is 3.11 bits per heavy atom. The normalized spacial score (nSPS) is 25.5. The quantitative estimate of drug-likeness (QED) is 0.903. The molecule has 1 aromatic carbocycles. The summed E-state index contributed by atoms with van der Waals surface area (Å²) in [6, 6.07) is 5.91. The van der Waals surface area contributed by atoms with Crippen molar-refractivity contribution < 1.29 is 9.53 Å². The van der Waals surface area contributed by atoms with Crippen molar-refractivity contribution in [2.75, 3.05) is 26.7 Å². The Balaban J connectivity index is 1.88. The van der Waals surface area contributed by atoms with Crippen LogP contribution in [0, 0.1) is 5.92 Å². The van der Waals surface area contributed by atoms with Crippen LogP contribution in [-0.4, -0.2) is 43.6 Å². The SMILES string of the molecule is COc1cc(Br)ccc1C(=O)N1CC[C@H]2CNC[C@H]21. The number of hydrogen-bond acceptors (Lipinski definition) is 3. The van der Waals surface area contributed by atoms with Crippen molar-refractivity contribution in [2.45, 2.75) is 12.5 Å². The number of likely N-dealkylation sites (tertiary alicyclic amines) is 1. The van der Waals surface area contributed by atoms with E-state index in [0.29, 0.717) is 23.3 Å². The molecule has 0 spiro atoms. The zero-order valence-corrected chi connectivity index (χ0v) is 12.4. The predicted octanol–water partition coefficient (Wildman–Crippen LogP) is 1.89. The number of halogens is 1. The molecule has 19 heavy (non-hydrogen) atoms. The van der Waals surface area contributed by atoms with E-state index in [0.717, 1.165) is 30.5 Å². The van der Waals surface area contributed by atoms with E-state index in [1.165, 1.54) is 0 Å². The summed E-state index contributed by atoms with van der Waals surface area (Å²) in [7, 11) is 1.60. The highest BCUT2D eigenvalue weighted by atomic mass is 79.9. The van der Waals surface area contributed by atoms with E-state index >= 15 is 0 Å². The van der Waals surface area contributed by atoms with Crippen LogP contribution in [0.1, 0.15) is 16.8 Å². The lowest BCUT2D eigenvalue weighted by atomic mass is 10.0. The second kappa shape index (κ2) is 5.13. The van der Waals surface area contributed by atoms with E-state index in [9.17, 15) is 4.79 Å². The van der Waals surface area contributed by atoms with Gasteiger partial charge in [0.05, 0.1) is 12.7 Å². The van der Waals surface area contributed by atoms with Crippen LogP contribution in [0.4, 0.5) is 0 Å². The second-order valence-electron chi connectivity index (χ2n) is 5.12. The maximum atomic E-state index is 12.7. The molecule has 1 aromatic rings. The number of nitrogens with one attached hydrogen (secondary N) is 1. The Hall–Kier alpha value is -1.07. The summed E-state index contributed by atoms with van der Waals surface area (Å²) in [4.78, 5) is 14.7. The fourth-order valence-corrected chi connectivity index (χ4v) is 3.44. The van der Waals surface area contributed by atoms with Gasteiger partial charge in [0, 0.05) is 30.1 Å². The van der Waals surface area contributed by atoms with Crippen LogP contribution >= 0.6 is 15.9 Å². The van der Waals surface area contributed by atoms with Crippen molar-refractivity contribution in [3.8, 4) is 5.75 Å². The Morgan fingerprint density at radius 1 is 1.47 bits per heavy atom. The lowest BCUT2D eigenvalue weighted by Gasteiger charge is -2.24. The maximum Gasteiger partial charge on any atom is 0.257 e. The molecule has 5 heteroatoms.